The summed E-state index contributed by atoms with van der Waals surface area (Å²) in [5.41, 5.74) is -0.247. The van der Waals surface area contributed by atoms with Crippen LogP contribution in [0.1, 0.15) is 6.92 Å². The molecule has 88 valence electrons. The van der Waals surface area contributed by atoms with Crippen LogP contribution in [0.5, 0.6) is 17.2 Å². The number of phenolic OH excluding ortho intramolecular Hbond substituents is 1. The summed E-state index contributed by atoms with van der Waals surface area (Å²) in [6, 6.07) is 3.44. The van der Waals surface area contributed by atoms with E-state index in [0.717, 1.165) is 17.6 Å². The number of phenols is 1. The number of rotatable bonds is 3. The highest BCUT2D eigenvalue weighted by Gasteiger charge is 2.35. The molecule has 1 heterocycles. The molecule has 5 heteroatoms. The van der Waals surface area contributed by atoms with E-state index in [1.807, 2.05) is 6.92 Å². The van der Waals surface area contributed by atoms with E-state index in [9.17, 15) is 5.11 Å². The Morgan fingerprint density at radius 2 is 2.00 bits per heavy atom. The van der Waals surface area contributed by atoms with Crippen molar-refractivity contribution in [3.63, 3.8) is 0 Å². The highest BCUT2D eigenvalue weighted by Crippen LogP contribution is 2.40. The lowest BCUT2D eigenvalue weighted by Crippen LogP contribution is -2.61. The van der Waals surface area contributed by atoms with Crippen LogP contribution < -0.4 is 14.8 Å². The highest BCUT2D eigenvalue weighted by molar-refractivity contribution is 9.10. The third kappa shape index (κ3) is 2.10. The zero-order valence-electron chi connectivity index (χ0n) is 9.21. The summed E-state index contributed by atoms with van der Waals surface area (Å²) in [5, 5.41) is 13.0. The Hall–Kier alpha value is -0.940. The van der Waals surface area contributed by atoms with Gasteiger partial charge in [-0.25, -0.2) is 0 Å². The van der Waals surface area contributed by atoms with Gasteiger partial charge >= 0.3 is 0 Å². The molecular formula is C11H14BrNO3. The van der Waals surface area contributed by atoms with Crippen molar-refractivity contribution in [3.8, 4) is 17.2 Å². The van der Waals surface area contributed by atoms with E-state index in [0.29, 0.717) is 11.5 Å². The lowest BCUT2D eigenvalue weighted by atomic mass is 10.00. The Kier molecular flexibility index (Phi) is 2.99. The topological polar surface area (TPSA) is 50.7 Å². The number of methoxy groups -OCH3 is 1. The highest BCUT2D eigenvalue weighted by atomic mass is 79.9. The van der Waals surface area contributed by atoms with Crippen LogP contribution in [0.15, 0.2) is 16.6 Å². The van der Waals surface area contributed by atoms with E-state index in [4.69, 9.17) is 9.47 Å². The largest absolute Gasteiger partial charge is 0.502 e. The summed E-state index contributed by atoms with van der Waals surface area (Å²) in [5.74, 6) is 0.884. The Balaban J connectivity index is 2.29. The average Bonchev–Trinajstić information content (AvgIpc) is 2.20. The van der Waals surface area contributed by atoms with Gasteiger partial charge < -0.3 is 19.9 Å². The van der Waals surface area contributed by atoms with Crippen molar-refractivity contribution >= 4 is 15.9 Å². The second-order valence-electron chi connectivity index (χ2n) is 4.11. The molecule has 1 fully saturated rings. The number of aromatic hydroxyl groups is 1. The van der Waals surface area contributed by atoms with Gasteiger partial charge in [0.1, 0.15) is 5.60 Å². The Bertz CT molecular complexity index is 404. The first-order valence-electron chi connectivity index (χ1n) is 5.00. The van der Waals surface area contributed by atoms with Crippen LogP contribution in [0.2, 0.25) is 0 Å². The standard InChI is InChI=1S/C11H14BrNO3/c1-11(5-13-6-11)16-9-4-7(12)3-8(15-2)10(9)14/h3-4,13-14H,5-6H2,1-2H3. The molecule has 1 saturated heterocycles. The SMILES string of the molecule is COc1cc(Br)cc(OC2(C)CNC2)c1O. The van der Waals surface area contributed by atoms with Crippen molar-refractivity contribution in [2.45, 2.75) is 12.5 Å². The number of hydrogen-bond acceptors (Lipinski definition) is 4. The molecule has 0 unspecified atom stereocenters. The summed E-state index contributed by atoms with van der Waals surface area (Å²) in [4.78, 5) is 0. The first-order valence-corrected chi connectivity index (χ1v) is 5.80. The molecule has 4 nitrogen and oxygen atoms in total. The quantitative estimate of drug-likeness (QED) is 0.892. The van der Waals surface area contributed by atoms with Crippen LogP contribution in [0, 0.1) is 0 Å². The molecule has 16 heavy (non-hydrogen) atoms. The van der Waals surface area contributed by atoms with Crippen molar-refractivity contribution in [3.05, 3.63) is 16.6 Å². The number of ether oxygens (including phenoxy) is 2. The number of halogens is 1. The van der Waals surface area contributed by atoms with Gasteiger partial charge in [0, 0.05) is 17.6 Å². The second-order valence-corrected chi connectivity index (χ2v) is 5.03. The molecule has 0 atom stereocenters. The minimum absolute atomic E-state index is 0.0406. The van der Waals surface area contributed by atoms with Crippen LogP contribution in [0.4, 0.5) is 0 Å². The van der Waals surface area contributed by atoms with Gasteiger partial charge in [-0.15, -0.1) is 0 Å². The summed E-state index contributed by atoms with van der Waals surface area (Å²) in [6.07, 6.45) is 0. The molecule has 2 N–H and O–H groups in total. The maximum absolute atomic E-state index is 9.90. The lowest BCUT2D eigenvalue weighted by molar-refractivity contribution is 0.0320. The zero-order chi connectivity index (χ0) is 11.8. The molecule has 0 radical (unpaired) electrons. The van der Waals surface area contributed by atoms with Gasteiger partial charge in [0.05, 0.1) is 7.11 Å². The van der Waals surface area contributed by atoms with E-state index in [2.05, 4.69) is 21.2 Å². The normalized spacial score (nSPS) is 17.7. The van der Waals surface area contributed by atoms with E-state index in [-0.39, 0.29) is 11.4 Å². The van der Waals surface area contributed by atoms with Crippen molar-refractivity contribution in [2.24, 2.45) is 0 Å². The van der Waals surface area contributed by atoms with E-state index in [1.165, 1.54) is 7.11 Å². The molecule has 0 saturated carbocycles. The average molecular weight is 288 g/mol. The Labute approximate surface area is 103 Å². The van der Waals surface area contributed by atoms with Gasteiger partial charge in [-0.1, -0.05) is 15.9 Å². The number of nitrogens with one attached hydrogen (secondary N) is 1. The van der Waals surface area contributed by atoms with Gasteiger partial charge in [-0.05, 0) is 19.1 Å². The van der Waals surface area contributed by atoms with Gasteiger partial charge in [0.25, 0.3) is 0 Å². The predicted octanol–water partition coefficient (Wildman–Crippen LogP) is 1.90. The van der Waals surface area contributed by atoms with Crippen molar-refractivity contribution < 1.29 is 14.6 Å². The van der Waals surface area contributed by atoms with E-state index in [1.54, 1.807) is 12.1 Å². The molecule has 1 aromatic carbocycles. The molecule has 2 rings (SSSR count). The fourth-order valence-electron chi connectivity index (χ4n) is 1.60. The molecule has 0 aliphatic carbocycles. The van der Waals surface area contributed by atoms with Crippen LogP contribution in [0.25, 0.3) is 0 Å². The van der Waals surface area contributed by atoms with Gasteiger partial charge in [0.15, 0.2) is 11.5 Å². The fraction of sp³-hybridized carbons (Fsp3) is 0.455. The molecule has 0 amide bonds. The predicted molar refractivity (Wildman–Crippen MR) is 64.3 cm³/mol. The molecular weight excluding hydrogens is 274 g/mol. The molecule has 1 aliphatic heterocycles. The third-order valence-corrected chi connectivity index (χ3v) is 3.04. The maximum atomic E-state index is 9.90. The molecule has 1 aromatic rings. The van der Waals surface area contributed by atoms with E-state index < -0.39 is 0 Å². The van der Waals surface area contributed by atoms with Crippen LogP contribution in [0.3, 0.4) is 0 Å². The third-order valence-electron chi connectivity index (χ3n) is 2.58. The van der Waals surface area contributed by atoms with Crippen molar-refractivity contribution in [1.29, 1.82) is 0 Å². The first-order chi connectivity index (χ1) is 7.54. The summed E-state index contributed by atoms with van der Waals surface area (Å²) >= 11 is 3.35. The smallest absolute Gasteiger partial charge is 0.200 e. The monoisotopic (exact) mass is 287 g/mol. The molecule has 0 aromatic heterocycles. The van der Waals surface area contributed by atoms with Crippen LogP contribution in [-0.4, -0.2) is 30.9 Å². The Morgan fingerprint density at radius 1 is 1.38 bits per heavy atom. The van der Waals surface area contributed by atoms with Gasteiger partial charge in [-0.3, -0.25) is 0 Å². The van der Waals surface area contributed by atoms with Crippen LogP contribution >= 0.6 is 15.9 Å². The molecule has 1 aliphatic rings. The summed E-state index contributed by atoms with van der Waals surface area (Å²) in [7, 11) is 1.51. The fourth-order valence-corrected chi connectivity index (χ4v) is 2.01. The van der Waals surface area contributed by atoms with Crippen molar-refractivity contribution in [2.75, 3.05) is 20.2 Å². The minimum Gasteiger partial charge on any atom is -0.502 e. The van der Waals surface area contributed by atoms with Gasteiger partial charge in [-0.2, -0.15) is 0 Å². The summed E-state index contributed by atoms with van der Waals surface area (Å²) in [6.45, 7) is 3.55. The number of benzene rings is 1. The zero-order valence-corrected chi connectivity index (χ0v) is 10.8. The first kappa shape index (κ1) is 11.5. The second kappa shape index (κ2) is 4.14. The van der Waals surface area contributed by atoms with Crippen molar-refractivity contribution in [1.82, 2.24) is 5.32 Å². The van der Waals surface area contributed by atoms with Gasteiger partial charge in [0.2, 0.25) is 5.75 Å². The Morgan fingerprint density at radius 3 is 2.50 bits per heavy atom. The van der Waals surface area contributed by atoms with Crippen LogP contribution in [-0.2, 0) is 0 Å². The minimum atomic E-state index is -0.247. The molecule has 0 bridgehead atoms. The van der Waals surface area contributed by atoms with E-state index >= 15 is 0 Å². The molecule has 0 spiro atoms. The number of hydrogen-bond donors (Lipinski definition) is 2. The summed E-state index contributed by atoms with van der Waals surface area (Å²) < 4.78 is 11.6. The maximum Gasteiger partial charge on any atom is 0.200 e. The lowest BCUT2D eigenvalue weighted by Gasteiger charge is -2.39.